The van der Waals surface area contributed by atoms with Crippen molar-refractivity contribution >= 4 is 13.1 Å². The van der Waals surface area contributed by atoms with Crippen LogP contribution in [0.3, 0.4) is 0 Å². The third kappa shape index (κ3) is 2.85. The fourth-order valence-electron chi connectivity index (χ4n) is 2.59. The summed E-state index contributed by atoms with van der Waals surface area (Å²) in [5, 5.41) is 13.1. The van der Waals surface area contributed by atoms with Crippen LogP contribution in [0.2, 0.25) is 0 Å². The molecule has 0 aromatic carbocycles. The maximum absolute atomic E-state index is 11.2. The molecule has 7 heteroatoms. The minimum atomic E-state index is -0.908. The van der Waals surface area contributed by atoms with Crippen molar-refractivity contribution in [2.75, 3.05) is 0 Å². The molecule has 2 heterocycles. The van der Waals surface area contributed by atoms with Crippen LogP contribution in [-0.2, 0) is 14.1 Å². The number of carbonyl (C=O) groups is 1. The van der Waals surface area contributed by atoms with Gasteiger partial charge in [-0.3, -0.25) is 4.79 Å². The first kappa shape index (κ1) is 16.0. The molecule has 21 heavy (non-hydrogen) atoms. The van der Waals surface area contributed by atoms with Crippen molar-refractivity contribution in [1.29, 1.82) is 0 Å². The summed E-state index contributed by atoms with van der Waals surface area (Å²) in [5.74, 6) is -0.752. The highest BCUT2D eigenvalue weighted by Gasteiger charge is 2.55. The summed E-state index contributed by atoms with van der Waals surface area (Å²) in [6, 6.07) is 0. The molecular weight excluding hydrogens is 273 g/mol. The second kappa shape index (κ2) is 5.14. The van der Waals surface area contributed by atoms with Crippen LogP contribution in [0.1, 0.15) is 57.0 Å². The van der Waals surface area contributed by atoms with Gasteiger partial charge in [-0.1, -0.05) is 5.16 Å². The number of rotatable bonds is 4. The monoisotopic (exact) mass is 295 g/mol. The molecule has 1 aromatic rings. The maximum atomic E-state index is 11.2. The Hall–Kier alpha value is -1.34. The van der Waals surface area contributed by atoms with E-state index >= 15 is 0 Å². The summed E-state index contributed by atoms with van der Waals surface area (Å²) >= 11 is 0. The molecule has 0 radical (unpaired) electrons. The molecule has 0 aliphatic carbocycles. The van der Waals surface area contributed by atoms with Crippen molar-refractivity contribution in [2.45, 2.75) is 65.0 Å². The van der Waals surface area contributed by atoms with Crippen LogP contribution in [0.15, 0.2) is 4.52 Å². The first-order chi connectivity index (χ1) is 9.55. The van der Waals surface area contributed by atoms with Crippen molar-refractivity contribution < 1.29 is 23.7 Å². The predicted molar refractivity (Wildman–Crippen MR) is 77.1 cm³/mol. The zero-order chi connectivity index (χ0) is 16.0. The molecule has 0 amide bonds. The van der Waals surface area contributed by atoms with Gasteiger partial charge in [-0.15, -0.1) is 0 Å². The number of carboxylic acid groups (broad SMARTS) is 1. The molecule has 0 bridgehead atoms. The first-order valence-corrected chi connectivity index (χ1v) is 7.05. The lowest BCUT2D eigenvalue weighted by atomic mass is 9.65. The Morgan fingerprint density at radius 2 is 1.76 bits per heavy atom. The van der Waals surface area contributed by atoms with E-state index in [1.165, 1.54) is 0 Å². The number of hydrogen-bond donors (Lipinski definition) is 1. The molecule has 1 fully saturated rings. The number of carboxylic acids is 1. The summed E-state index contributed by atoms with van der Waals surface area (Å²) in [4.78, 5) is 11.2. The van der Waals surface area contributed by atoms with Crippen LogP contribution in [-0.4, -0.2) is 34.6 Å². The number of nitrogens with zero attached hydrogens (tertiary/aromatic N) is 1. The summed E-state index contributed by atoms with van der Waals surface area (Å²) in [6.45, 7) is 11.3. The predicted octanol–water partition coefficient (Wildman–Crippen LogP) is 2.48. The highest BCUT2D eigenvalue weighted by atomic mass is 16.7. The van der Waals surface area contributed by atoms with E-state index in [9.17, 15) is 9.90 Å². The lowest BCUT2D eigenvalue weighted by Crippen LogP contribution is -2.41. The average Bonchev–Trinajstić information content (AvgIpc) is 2.74. The molecule has 1 N–H and O–H groups in total. The maximum Gasteiger partial charge on any atom is 0.466 e. The van der Waals surface area contributed by atoms with Crippen LogP contribution in [0.5, 0.6) is 0 Å². The van der Waals surface area contributed by atoms with Gasteiger partial charge in [0.15, 0.2) is 0 Å². The number of aryl methyl sites for hydroxylation is 2. The van der Waals surface area contributed by atoms with Gasteiger partial charge in [-0.25, -0.2) is 0 Å². The van der Waals surface area contributed by atoms with E-state index in [0.29, 0.717) is 11.5 Å². The van der Waals surface area contributed by atoms with E-state index in [4.69, 9.17) is 13.8 Å². The Morgan fingerprint density at radius 3 is 2.14 bits per heavy atom. The van der Waals surface area contributed by atoms with Crippen LogP contribution < -0.4 is 0 Å². The molecule has 1 unspecified atom stereocenters. The number of aromatic nitrogens is 1. The van der Waals surface area contributed by atoms with Crippen molar-refractivity contribution in [3.63, 3.8) is 0 Å². The summed E-state index contributed by atoms with van der Waals surface area (Å²) in [7, 11) is -0.636. The van der Waals surface area contributed by atoms with E-state index in [1.54, 1.807) is 13.8 Å². The van der Waals surface area contributed by atoms with Gasteiger partial charge in [0.25, 0.3) is 0 Å². The quantitative estimate of drug-likeness (QED) is 0.859. The second-order valence-electron chi connectivity index (χ2n) is 6.57. The topological polar surface area (TPSA) is 81.8 Å². The number of aliphatic carboxylic acids is 1. The Morgan fingerprint density at radius 1 is 1.24 bits per heavy atom. The largest absolute Gasteiger partial charge is 0.481 e. The fourth-order valence-corrected chi connectivity index (χ4v) is 2.59. The zero-order valence-corrected chi connectivity index (χ0v) is 13.4. The standard InChI is InChI=1S/C14H22BNO5/c1-8-12(9(2)19-16-8)10(7-11(17)18)15-20-13(3,4)14(5,6)21-15/h10H,7H2,1-6H3,(H,17,18). The summed E-state index contributed by atoms with van der Waals surface area (Å²) in [6.07, 6.45) is -0.0975. The van der Waals surface area contributed by atoms with Crippen molar-refractivity contribution in [3.8, 4) is 0 Å². The number of hydrogen-bond acceptors (Lipinski definition) is 5. The first-order valence-electron chi connectivity index (χ1n) is 7.05. The van der Waals surface area contributed by atoms with Gasteiger partial charge in [0.05, 0.1) is 23.3 Å². The zero-order valence-electron chi connectivity index (χ0n) is 13.4. The molecule has 1 aliphatic heterocycles. The molecule has 1 aliphatic rings. The molecule has 0 saturated carbocycles. The molecule has 116 valence electrons. The normalized spacial score (nSPS) is 21.5. The minimum Gasteiger partial charge on any atom is -0.481 e. The minimum absolute atomic E-state index is 0.0975. The molecule has 2 rings (SSSR count). The van der Waals surface area contributed by atoms with Gasteiger partial charge in [-0.05, 0) is 41.5 Å². The van der Waals surface area contributed by atoms with Crippen LogP contribution in [0.25, 0.3) is 0 Å². The smallest absolute Gasteiger partial charge is 0.466 e. The summed E-state index contributed by atoms with van der Waals surface area (Å²) in [5.41, 5.74) is 0.421. The van der Waals surface area contributed by atoms with Gasteiger partial charge in [-0.2, -0.15) is 0 Å². The van der Waals surface area contributed by atoms with E-state index in [0.717, 1.165) is 5.56 Å². The molecule has 1 aromatic heterocycles. The Balaban J connectivity index is 2.37. The van der Waals surface area contributed by atoms with Crippen LogP contribution >= 0.6 is 0 Å². The lowest BCUT2D eigenvalue weighted by Gasteiger charge is -2.32. The van der Waals surface area contributed by atoms with Gasteiger partial charge >= 0.3 is 13.1 Å². The Labute approximate surface area is 124 Å². The summed E-state index contributed by atoms with van der Waals surface area (Å²) < 4.78 is 17.2. The van der Waals surface area contributed by atoms with E-state index < -0.39 is 30.1 Å². The SMILES string of the molecule is Cc1noc(C)c1C(CC(=O)O)B1OC(C)(C)C(C)(C)O1. The second-order valence-corrected chi connectivity index (χ2v) is 6.57. The van der Waals surface area contributed by atoms with Crippen LogP contribution in [0.4, 0.5) is 0 Å². The molecule has 6 nitrogen and oxygen atoms in total. The van der Waals surface area contributed by atoms with E-state index in [2.05, 4.69) is 5.16 Å². The third-order valence-electron chi connectivity index (χ3n) is 4.45. The van der Waals surface area contributed by atoms with Crippen LogP contribution in [0, 0.1) is 13.8 Å². The average molecular weight is 295 g/mol. The third-order valence-corrected chi connectivity index (χ3v) is 4.45. The van der Waals surface area contributed by atoms with Gasteiger partial charge in [0.1, 0.15) is 5.76 Å². The van der Waals surface area contributed by atoms with Gasteiger partial charge in [0.2, 0.25) is 0 Å². The molecule has 1 saturated heterocycles. The van der Waals surface area contributed by atoms with Crippen molar-refractivity contribution in [3.05, 3.63) is 17.0 Å². The van der Waals surface area contributed by atoms with Gasteiger partial charge < -0.3 is 18.9 Å². The van der Waals surface area contributed by atoms with Crippen molar-refractivity contribution in [2.24, 2.45) is 0 Å². The Bertz CT molecular complexity index is 516. The van der Waals surface area contributed by atoms with Gasteiger partial charge in [0, 0.05) is 11.4 Å². The van der Waals surface area contributed by atoms with E-state index in [1.807, 2.05) is 27.7 Å². The molecule has 1 atom stereocenters. The van der Waals surface area contributed by atoms with Crippen molar-refractivity contribution in [1.82, 2.24) is 5.16 Å². The van der Waals surface area contributed by atoms with E-state index in [-0.39, 0.29) is 6.42 Å². The Kier molecular flexibility index (Phi) is 3.93. The lowest BCUT2D eigenvalue weighted by molar-refractivity contribution is -0.137. The highest BCUT2D eigenvalue weighted by molar-refractivity contribution is 6.48. The molecular formula is C14H22BNO5. The fraction of sp³-hybridized carbons (Fsp3) is 0.714. The highest BCUT2D eigenvalue weighted by Crippen LogP contribution is 2.42. The molecule has 0 spiro atoms.